The van der Waals surface area contributed by atoms with E-state index in [0.29, 0.717) is 37.8 Å². The van der Waals surface area contributed by atoms with Gasteiger partial charge in [-0.25, -0.2) is 0 Å². The molecule has 0 aliphatic heterocycles. The number of unbranched alkanes of at least 4 members (excludes halogenated alkanes) is 4. The van der Waals surface area contributed by atoms with E-state index in [-0.39, 0.29) is 5.91 Å². The standard InChI is InChI=1S/C35H48N2O3.C25H38N2O2/c1-5-8-22-36(23-9-6-2)24-25-37(35(38)32-19-16-29(13-7-3)17-20-32)27-31-18-21-33(39-4)34(26-31)40-28-30-14-11-10-12-15-30;1-4-6-16-27(17-7-5-2)18-15-26-20-23-13-14-24(28-3)25(19-23)29-21-22-11-9-8-10-12-22/h10-12,14-21,26H,5-9,13,22-25,27-28H2,1-4H3;8-14,19,26H,4-7,15-18,20-21H2,1-3H3. The van der Waals surface area contributed by atoms with Crippen LogP contribution in [0, 0.1) is 0 Å². The van der Waals surface area contributed by atoms with E-state index in [2.05, 4.69) is 86.1 Å². The second kappa shape index (κ2) is 34.0. The molecule has 1 N–H and O–H groups in total. The lowest BCUT2D eigenvalue weighted by atomic mass is 10.1. The lowest BCUT2D eigenvalue weighted by Gasteiger charge is -2.28. The van der Waals surface area contributed by atoms with Crippen LogP contribution in [0.2, 0.25) is 0 Å². The Kier molecular flexibility index (Phi) is 27.7. The number of nitrogens with one attached hydrogen (secondary N) is 1. The average molecular weight is 943 g/mol. The molecule has 0 atom stereocenters. The van der Waals surface area contributed by atoms with Gasteiger partial charge in [-0.15, -0.1) is 0 Å². The van der Waals surface area contributed by atoms with Gasteiger partial charge >= 0.3 is 0 Å². The highest BCUT2D eigenvalue weighted by Crippen LogP contribution is 2.31. The van der Waals surface area contributed by atoms with Crippen LogP contribution < -0.4 is 24.3 Å². The molecule has 9 heteroatoms. The molecule has 9 nitrogen and oxygen atoms in total. The van der Waals surface area contributed by atoms with Gasteiger partial charge in [0.15, 0.2) is 23.0 Å². The van der Waals surface area contributed by atoms with Gasteiger partial charge < -0.3 is 39.0 Å². The van der Waals surface area contributed by atoms with Crippen LogP contribution >= 0.6 is 0 Å². The number of rotatable bonds is 33. The van der Waals surface area contributed by atoms with Gasteiger partial charge in [-0.3, -0.25) is 4.79 Å². The zero-order valence-corrected chi connectivity index (χ0v) is 43.5. The first kappa shape index (κ1) is 56.2. The highest BCUT2D eigenvalue weighted by molar-refractivity contribution is 5.94. The number of ether oxygens (including phenoxy) is 4. The minimum Gasteiger partial charge on any atom is -0.493 e. The topological polar surface area (TPSA) is 75.7 Å². The van der Waals surface area contributed by atoms with Crippen LogP contribution in [0.3, 0.4) is 0 Å². The van der Waals surface area contributed by atoms with Crippen LogP contribution in [0.15, 0.2) is 121 Å². The molecule has 5 aromatic carbocycles. The predicted molar refractivity (Wildman–Crippen MR) is 287 cm³/mol. The first-order chi connectivity index (χ1) is 33.8. The molecule has 0 unspecified atom stereocenters. The second-order valence-corrected chi connectivity index (χ2v) is 18.0. The van der Waals surface area contributed by atoms with Gasteiger partial charge in [-0.1, -0.05) is 152 Å². The number of nitrogens with zero attached hydrogens (tertiary/aromatic N) is 3. The molecule has 0 spiro atoms. The lowest BCUT2D eigenvalue weighted by Crippen LogP contribution is -2.39. The first-order valence-electron chi connectivity index (χ1n) is 26.0. The molecule has 0 aliphatic rings. The van der Waals surface area contributed by atoms with Crippen molar-refractivity contribution < 1.29 is 23.7 Å². The van der Waals surface area contributed by atoms with E-state index in [1.54, 1.807) is 14.2 Å². The molecule has 1 amide bonds. The van der Waals surface area contributed by atoms with Crippen LogP contribution in [0.25, 0.3) is 0 Å². The van der Waals surface area contributed by atoms with E-state index >= 15 is 0 Å². The van der Waals surface area contributed by atoms with Crippen LogP contribution in [0.5, 0.6) is 23.0 Å². The van der Waals surface area contributed by atoms with Crippen molar-refractivity contribution in [2.75, 3.05) is 66.6 Å². The molecule has 0 saturated heterocycles. The highest BCUT2D eigenvalue weighted by Gasteiger charge is 2.19. The van der Waals surface area contributed by atoms with E-state index in [9.17, 15) is 4.79 Å². The summed E-state index contributed by atoms with van der Waals surface area (Å²) in [6, 6.07) is 40.6. The largest absolute Gasteiger partial charge is 0.493 e. The van der Waals surface area contributed by atoms with Crippen molar-refractivity contribution in [2.45, 2.75) is 125 Å². The quantitative estimate of drug-likeness (QED) is 0.0417. The van der Waals surface area contributed by atoms with Crippen molar-refractivity contribution >= 4 is 5.91 Å². The first-order valence-corrected chi connectivity index (χ1v) is 26.0. The Bertz CT molecular complexity index is 2080. The summed E-state index contributed by atoms with van der Waals surface area (Å²) in [6.07, 6.45) is 11.9. The van der Waals surface area contributed by atoms with E-state index in [4.69, 9.17) is 18.9 Å². The van der Waals surface area contributed by atoms with Crippen molar-refractivity contribution in [3.63, 3.8) is 0 Å². The van der Waals surface area contributed by atoms with Gasteiger partial charge in [0.05, 0.1) is 14.2 Å². The third-order valence-corrected chi connectivity index (χ3v) is 12.3. The van der Waals surface area contributed by atoms with E-state index in [1.165, 1.54) is 75.6 Å². The summed E-state index contributed by atoms with van der Waals surface area (Å²) < 4.78 is 23.2. The molecule has 0 fully saturated rings. The summed E-state index contributed by atoms with van der Waals surface area (Å²) in [4.78, 5) is 20.9. The Morgan fingerprint density at radius 3 is 1.41 bits per heavy atom. The normalized spacial score (nSPS) is 11.0. The fourth-order valence-electron chi connectivity index (χ4n) is 8.03. The maximum absolute atomic E-state index is 13.8. The van der Waals surface area contributed by atoms with Gasteiger partial charge in [0.25, 0.3) is 5.91 Å². The van der Waals surface area contributed by atoms with Gasteiger partial charge in [-0.05, 0) is 122 Å². The van der Waals surface area contributed by atoms with Crippen LogP contribution in [0.4, 0.5) is 0 Å². The maximum Gasteiger partial charge on any atom is 0.254 e. The van der Waals surface area contributed by atoms with Crippen molar-refractivity contribution in [3.8, 4) is 23.0 Å². The summed E-state index contributed by atoms with van der Waals surface area (Å²) in [7, 11) is 3.34. The molecular formula is C60H86N4O5. The number of amides is 1. The molecule has 5 rings (SSSR count). The Morgan fingerprint density at radius 2 is 0.928 bits per heavy atom. The number of carbonyl (C=O) groups excluding carboxylic acids is 1. The monoisotopic (exact) mass is 943 g/mol. The number of methoxy groups -OCH3 is 2. The van der Waals surface area contributed by atoms with Gasteiger partial charge in [0, 0.05) is 44.8 Å². The molecule has 376 valence electrons. The third kappa shape index (κ3) is 21.5. The Balaban J connectivity index is 0.000000317. The Morgan fingerprint density at radius 1 is 0.464 bits per heavy atom. The van der Waals surface area contributed by atoms with E-state index in [0.717, 1.165) is 85.9 Å². The second-order valence-electron chi connectivity index (χ2n) is 18.0. The number of benzene rings is 5. The van der Waals surface area contributed by atoms with Crippen LogP contribution in [0.1, 0.15) is 131 Å². The third-order valence-electron chi connectivity index (χ3n) is 12.3. The summed E-state index contributed by atoms with van der Waals surface area (Å²) >= 11 is 0. The minimum atomic E-state index is 0.0663. The Labute approximate surface area is 417 Å². The number of aryl methyl sites for hydroxylation is 1. The highest BCUT2D eigenvalue weighted by atomic mass is 16.5. The molecule has 5 aromatic rings. The molecule has 0 aliphatic carbocycles. The fraction of sp³-hybridized carbons (Fsp3) is 0.483. The van der Waals surface area contributed by atoms with Crippen molar-refractivity contribution in [1.29, 1.82) is 0 Å². The summed E-state index contributed by atoms with van der Waals surface area (Å²) in [5.41, 5.74) is 6.49. The lowest BCUT2D eigenvalue weighted by molar-refractivity contribution is 0.0720. The predicted octanol–water partition coefficient (Wildman–Crippen LogP) is 13.0. The minimum absolute atomic E-state index is 0.0663. The molecule has 0 saturated carbocycles. The SMILES string of the molecule is CCCCN(CCCC)CCN(Cc1ccc(OC)c(OCc2ccccc2)c1)C(=O)c1ccc(CCC)cc1.CCCCN(CCCC)CCNCc1ccc(OC)c(OCc2ccccc2)c1. The molecule has 0 radical (unpaired) electrons. The van der Waals surface area contributed by atoms with Gasteiger partial charge in [0.2, 0.25) is 0 Å². The van der Waals surface area contributed by atoms with Crippen LogP contribution in [-0.2, 0) is 32.7 Å². The molecule has 0 aromatic heterocycles. The van der Waals surface area contributed by atoms with Crippen molar-refractivity contribution in [3.05, 3.63) is 155 Å². The number of carbonyl (C=O) groups is 1. The summed E-state index contributed by atoms with van der Waals surface area (Å²) in [5.74, 6) is 3.01. The summed E-state index contributed by atoms with van der Waals surface area (Å²) in [6.45, 7) is 21.7. The van der Waals surface area contributed by atoms with Crippen LogP contribution in [-0.4, -0.2) is 87.2 Å². The fourth-order valence-corrected chi connectivity index (χ4v) is 8.03. The van der Waals surface area contributed by atoms with E-state index in [1.807, 2.05) is 89.8 Å². The maximum atomic E-state index is 13.8. The van der Waals surface area contributed by atoms with Crippen molar-refractivity contribution in [2.24, 2.45) is 0 Å². The van der Waals surface area contributed by atoms with E-state index < -0.39 is 0 Å². The molecule has 0 bridgehead atoms. The van der Waals surface area contributed by atoms with Crippen molar-refractivity contribution in [1.82, 2.24) is 20.0 Å². The zero-order chi connectivity index (χ0) is 49.3. The molecule has 69 heavy (non-hydrogen) atoms. The molecular weight excluding hydrogens is 857 g/mol. The number of hydrogen-bond acceptors (Lipinski definition) is 8. The van der Waals surface area contributed by atoms with Gasteiger partial charge in [0.1, 0.15) is 13.2 Å². The Hall–Kier alpha value is -5.35. The molecule has 0 heterocycles. The number of hydrogen-bond donors (Lipinski definition) is 1. The summed E-state index contributed by atoms with van der Waals surface area (Å²) in [5, 5.41) is 3.59. The smallest absolute Gasteiger partial charge is 0.254 e. The zero-order valence-electron chi connectivity index (χ0n) is 43.5. The van der Waals surface area contributed by atoms with Gasteiger partial charge in [-0.2, -0.15) is 0 Å². The average Bonchev–Trinajstić information content (AvgIpc) is 3.39.